The van der Waals surface area contributed by atoms with Crippen LogP contribution in [0.5, 0.6) is 0 Å². The molecule has 0 aliphatic heterocycles. The maximum Gasteiger partial charge on any atom is 0.0611 e. The van der Waals surface area contributed by atoms with Gasteiger partial charge in [-0.25, -0.2) is 0 Å². The first-order valence-electron chi connectivity index (χ1n) is 3.06. The molecule has 1 aliphatic carbocycles. The first kappa shape index (κ1) is 6.05. The van der Waals surface area contributed by atoms with E-state index in [1.165, 1.54) is 12.8 Å². The molecule has 0 radical (unpaired) electrons. The molecule has 0 spiro atoms. The summed E-state index contributed by atoms with van der Waals surface area (Å²) in [6, 6.07) is 0. The van der Waals surface area contributed by atoms with Crippen LogP contribution in [-0.2, 0) is 0 Å². The van der Waals surface area contributed by atoms with Crippen molar-refractivity contribution in [2.45, 2.75) is 25.3 Å². The van der Waals surface area contributed by atoms with E-state index in [1.807, 2.05) is 6.92 Å². The molecule has 0 aromatic carbocycles. The van der Waals surface area contributed by atoms with E-state index < -0.39 is 0 Å². The van der Waals surface area contributed by atoms with Crippen LogP contribution in [0.4, 0.5) is 0 Å². The van der Waals surface area contributed by atoms with E-state index >= 15 is 0 Å². The Balaban J connectivity index is 2.37. The van der Waals surface area contributed by atoms with Gasteiger partial charge in [0.15, 0.2) is 0 Å². The average molecular weight is 115 g/mol. The van der Waals surface area contributed by atoms with Crippen molar-refractivity contribution in [2.24, 2.45) is 11.7 Å². The largest absolute Gasteiger partial charge is 0.394 e. The van der Waals surface area contributed by atoms with Gasteiger partial charge in [-0.05, 0) is 25.7 Å². The van der Waals surface area contributed by atoms with Crippen molar-refractivity contribution in [1.82, 2.24) is 0 Å². The van der Waals surface area contributed by atoms with Gasteiger partial charge >= 0.3 is 0 Å². The summed E-state index contributed by atoms with van der Waals surface area (Å²) in [6.07, 6.45) is 2.40. The molecular weight excluding hydrogens is 102 g/mol. The Bertz CT molecular complexity index is 86.5. The minimum atomic E-state index is -0.292. The van der Waals surface area contributed by atoms with Crippen molar-refractivity contribution in [1.29, 1.82) is 0 Å². The Kier molecular flexibility index (Phi) is 1.29. The Hall–Kier alpha value is -0.0800. The van der Waals surface area contributed by atoms with Crippen LogP contribution in [0, 0.1) is 5.92 Å². The van der Waals surface area contributed by atoms with Crippen LogP contribution in [0.1, 0.15) is 19.8 Å². The number of aliphatic hydroxyl groups excluding tert-OH is 1. The quantitative estimate of drug-likeness (QED) is 0.536. The minimum Gasteiger partial charge on any atom is -0.394 e. The van der Waals surface area contributed by atoms with Crippen LogP contribution in [0.15, 0.2) is 0 Å². The normalized spacial score (nSPS) is 27.4. The molecule has 1 aliphatic rings. The van der Waals surface area contributed by atoms with Crippen LogP contribution in [0.3, 0.4) is 0 Å². The fourth-order valence-electron chi connectivity index (χ4n) is 0.872. The number of aliphatic hydroxyl groups is 1. The standard InChI is InChI=1S/C6H13NO/c1-6(7,4-8)5-2-3-5/h5,8H,2-4,7H2,1H3. The molecular formula is C6H13NO. The molecule has 48 valence electrons. The Morgan fingerprint density at radius 1 is 1.75 bits per heavy atom. The summed E-state index contributed by atoms with van der Waals surface area (Å²) in [5.74, 6) is 0.590. The molecule has 1 saturated carbocycles. The molecule has 1 fully saturated rings. The highest BCUT2D eigenvalue weighted by atomic mass is 16.3. The van der Waals surface area contributed by atoms with E-state index in [0.29, 0.717) is 5.92 Å². The molecule has 2 nitrogen and oxygen atoms in total. The summed E-state index contributed by atoms with van der Waals surface area (Å²) in [5.41, 5.74) is 5.38. The molecule has 1 rings (SSSR count). The van der Waals surface area contributed by atoms with Crippen molar-refractivity contribution in [3.63, 3.8) is 0 Å². The van der Waals surface area contributed by atoms with Crippen LogP contribution < -0.4 is 5.73 Å². The zero-order valence-corrected chi connectivity index (χ0v) is 5.22. The Labute approximate surface area is 49.7 Å². The Morgan fingerprint density at radius 2 is 2.25 bits per heavy atom. The summed E-state index contributed by atoms with van der Waals surface area (Å²) in [5, 5.41) is 8.68. The average Bonchev–Trinajstić information content (AvgIpc) is 2.44. The van der Waals surface area contributed by atoms with E-state index in [9.17, 15) is 0 Å². The summed E-state index contributed by atoms with van der Waals surface area (Å²) < 4.78 is 0. The second-order valence-electron chi connectivity index (χ2n) is 2.94. The first-order chi connectivity index (χ1) is 3.67. The van der Waals surface area contributed by atoms with Crippen molar-refractivity contribution < 1.29 is 5.11 Å². The summed E-state index contributed by atoms with van der Waals surface area (Å²) in [6.45, 7) is 2.03. The number of nitrogens with two attached hydrogens (primary N) is 1. The van der Waals surface area contributed by atoms with E-state index in [1.54, 1.807) is 0 Å². The Morgan fingerprint density at radius 3 is 2.38 bits per heavy atom. The molecule has 0 aromatic heterocycles. The number of rotatable bonds is 2. The SMILES string of the molecule is CC(N)(CO)C1CC1. The van der Waals surface area contributed by atoms with Gasteiger partial charge in [0.05, 0.1) is 6.61 Å². The topological polar surface area (TPSA) is 46.2 Å². The van der Waals surface area contributed by atoms with Crippen LogP contribution >= 0.6 is 0 Å². The van der Waals surface area contributed by atoms with Gasteiger partial charge < -0.3 is 10.8 Å². The second-order valence-corrected chi connectivity index (χ2v) is 2.94. The van der Waals surface area contributed by atoms with Crippen molar-refractivity contribution in [3.8, 4) is 0 Å². The van der Waals surface area contributed by atoms with Gasteiger partial charge in [-0.15, -0.1) is 0 Å². The zero-order chi connectivity index (χ0) is 6.20. The molecule has 0 saturated heterocycles. The fourth-order valence-corrected chi connectivity index (χ4v) is 0.872. The maximum absolute atomic E-state index is 8.68. The highest BCUT2D eigenvalue weighted by molar-refractivity contribution is 4.94. The lowest BCUT2D eigenvalue weighted by molar-refractivity contribution is 0.191. The second kappa shape index (κ2) is 1.71. The monoisotopic (exact) mass is 115 g/mol. The molecule has 0 heterocycles. The van der Waals surface area contributed by atoms with Crippen LogP contribution in [-0.4, -0.2) is 17.3 Å². The highest BCUT2D eigenvalue weighted by Gasteiger charge is 2.37. The molecule has 1 unspecified atom stereocenters. The maximum atomic E-state index is 8.68. The van der Waals surface area contributed by atoms with Crippen LogP contribution in [0.2, 0.25) is 0 Å². The van der Waals surface area contributed by atoms with Gasteiger partial charge in [-0.3, -0.25) is 0 Å². The van der Waals surface area contributed by atoms with Gasteiger partial charge in [0.1, 0.15) is 0 Å². The molecule has 0 bridgehead atoms. The van der Waals surface area contributed by atoms with Gasteiger partial charge in [-0.1, -0.05) is 0 Å². The molecule has 0 aromatic rings. The predicted molar refractivity (Wildman–Crippen MR) is 32.4 cm³/mol. The first-order valence-corrected chi connectivity index (χ1v) is 3.06. The van der Waals surface area contributed by atoms with Crippen molar-refractivity contribution >= 4 is 0 Å². The van der Waals surface area contributed by atoms with Gasteiger partial charge in [0.25, 0.3) is 0 Å². The number of hydrogen-bond acceptors (Lipinski definition) is 2. The summed E-state index contributed by atoms with van der Waals surface area (Å²) in [7, 11) is 0. The molecule has 0 amide bonds. The summed E-state index contributed by atoms with van der Waals surface area (Å²) in [4.78, 5) is 0. The third-order valence-corrected chi connectivity index (χ3v) is 1.85. The zero-order valence-electron chi connectivity index (χ0n) is 5.22. The lowest BCUT2D eigenvalue weighted by atomic mass is 9.99. The lowest BCUT2D eigenvalue weighted by Crippen LogP contribution is -2.42. The van der Waals surface area contributed by atoms with Gasteiger partial charge in [0.2, 0.25) is 0 Å². The minimum absolute atomic E-state index is 0.123. The molecule has 2 heteroatoms. The van der Waals surface area contributed by atoms with Crippen LogP contribution in [0.25, 0.3) is 0 Å². The van der Waals surface area contributed by atoms with Gasteiger partial charge in [0, 0.05) is 5.54 Å². The predicted octanol–water partition coefficient (Wildman–Crippen LogP) is 0.106. The van der Waals surface area contributed by atoms with E-state index in [-0.39, 0.29) is 12.1 Å². The third-order valence-electron chi connectivity index (χ3n) is 1.85. The third kappa shape index (κ3) is 1.01. The van der Waals surface area contributed by atoms with E-state index in [4.69, 9.17) is 10.8 Å². The van der Waals surface area contributed by atoms with E-state index in [2.05, 4.69) is 0 Å². The number of hydrogen-bond donors (Lipinski definition) is 2. The molecule has 8 heavy (non-hydrogen) atoms. The van der Waals surface area contributed by atoms with E-state index in [0.717, 1.165) is 0 Å². The lowest BCUT2D eigenvalue weighted by Gasteiger charge is -2.20. The molecule has 3 N–H and O–H groups in total. The summed E-state index contributed by atoms with van der Waals surface area (Å²) >= 11 is 0. The van der Waals surface area contributed by atoms with Gasteiger partial charge in [-0.2, -0.15) is 0 Å². The molecule has 1 atom stereocenters. The van der Waals surface area contributed by atoms with Crippen molar-refractivity contribution in [2.75, 3.05) is 6.61 Å². The highest BCUT2D eigenvalue weighted by Crippen LogP contribution is 2.37. The fraction of sp³-hybridized carbons (Fsp3) is 1.00. The van der Waals surface area contributed by atoms with Crippen molar-refractivity contribution in [3.05, 3.63) is 0 Å². The smallest absolute Gasteiger partial charge is 0.0611 e.